The monoisotopic (exact) mass is 277 g/mol. The molecule has 0 fully saturated rings. The topological polar surface area (TPSA) is 125 Å². The first kappa shape index (κ1) is 13.2. The lowest BCUT2D eigenvalue weighted by Gasteiger charge is -2.02. The second kappa shape index (κ2) is 5.18. The fraction of sp³-hybridized carbons (Fsp3) is 0. The van der Waals surface area contributed by atoms with Crippen LogP contribution in [0.3, 0.4) is 0 Å². The van der Waals surface area contributed by atoms with Crippen LogP contribution in [0.5, 0.6) is 5.75 Å². The Hall–Kier alpha value is -3.23. The Balaban J connectivity index is 2.10. The van der Waals surface area contributed by atoms with E-state index < -0.39 is 17.0 Å². The highest BCUT2D eigenvalue weighted by Gasteiger charge is 2.14. The standard InChI is InChI=1S/C11H7N3O6/c15-10(16)9-5-6-13(12-9)11(17)20-8-3-1-7(2-4-8)14(18)19/h1-6H,(H,15,16). The third-order valence-corrected chi connectivity index (χ3v) is 2.25. The van der Waals surface area contributed by atoms with Crippen LogP contribution in [0.25, 0.3) is 0 Å². The Kier molecular flexibility index (Phi) is 3.42. The summed E-state index contributed by atoms with van der Waals surface area (Å²) in [5.74, 6) is -1.19. The van der Waals surface area contributed by atoms with Crippen LogP contribution in [0, 0.1) is 10.1 Å². The highest BCUT2D eigenvalue weighted by molar-refractivity contribution is 5.86. The SMILES string of the molecule is O=C(O)c1ccn(C(=O)Oc2ccc([N+](=O)[O-])cc2)n1. The summed E-state index contributed by atoms with van der Waals surface area (Å²) in [5.41, 5.74) is -0.442. The highest BCUT2D eigenvalue weighted by atomic mass is 16.6. The van der Waals surface area contributed by atoms with Crippen molar-refractivity contribution in [2.45, 2.75) is 0 Å². The zero-order chi connectivity index (χ0) is 14.7. The van der Waals surface area contributed by atoms with Crippen LogP contribution >= 0.6 is 0 Å². The predicted molar refractivity (Wildman–Crippen MR) is 63.7 cm³/mol. The summed E-state index contributed by atoms with van der Waals surface area (Å²) in [6.07, 6.45) is 0.211. The van der Waals surface area contributed by atoms with Crippen molar-refractivity contribution < 1.29 is 24.4 Å². The summed E-state index contributed by atoms with van der Waals surface area (Å²) in [5, 5.41) is 22.6. The number of nitro benzene ring substituents is 1. The second-order valence-electron chi connectivity index (χ2n) is 3.57. The van der Waals surface area contributed by atoms with E-state index in [0.29, 0.717) is 4.68 Å². The summed E-state index contributed by atoms with van der Waals surface area (Å²) in [4.78, 5) is 32.1. The van der Waals surface area contributed by atoms with Gasteiger partial charge in [0.15, 0.2) is 5.69 Å². The first-order valence-electron chi connectivity index (χ1n) is 5.23. The van der Waals surface area contributed by atoms with Gasteiger partial charge in [0.2, 0.25) is 0 Å². The number of carbonyl (C=O) groups excluding carboxylic acids is 1. The van der Waals surface area contributed by atoms with Gasteiger partial charge in [0, 0.05) is 18.3 Å². The summed E-state index contributed by atoms with van der Waals surface area (Å²) >= 11 is 0. The smallest absolute Gasteiger partial charge is 0.440 e. The van der Waals surface area contributed by atoms with Gasteiger partial charge in [0.25, 0.3) is 5.69 Å². The molecular weight excluding hydrogens is 270 g/mol. The van der Waals surface area contributed by atoms with Crippen LogP contribution in [0.1, 0.15) is 10.5 Å². The molecule has 0 atom stereocenters. The van der Waals surface area contributed by atoms with Crippen molar-refractivity contribution in [2.24, 2.45) is 0 Å². The maximum atomic E-state index is 11.6. The van der Waals surface area contributed by atoms with Crippen LogP contribution < -0.4 is 4.74 Å². The molecule has 0 aliphatic rings. The average molecular weight is 277 g/mol. The molecule has 9 heteroatoms. The lowest BCUT2D eigenvalue weighted by molar-refractivity contribution is -0.384. The third kappa shape index (κ3) is 2.77. The van der Waals surface area contributed by atoms with E-state index in [0.717, 1.165) is 12.3 Å². The quantitative estimate of drug-likeness (QED) is 0.666. The molecule has 1 N–H and O–H groups in total. The Morgan fingerprint density at radius 2 is 1.90 bits per heavy atom. The molecule has 0 amide bonds. The number of non-ortho nitro benzene ring substituents is 1. The number of benzene rings is 1. The first-order valence-corrected chi connectivity index (χ1v) is 5.23. The van der Waals surface area contributed by atoms with E-state index in [1.165, 1.54) is 24.3 Å². The van der Waals surface area contributed by atoms with Gasteiger partial charge in [-0.15, -0.1) is 0 Å². The fourth-order valence-corrected chi connectivity index (χ4v) is 1.32. The number of carbonyl (C=O) groups is 2. The van der Waals surface area contributed by atoms with Crippen molar-refractivity contribution in [3.63, 3.8) is 0 Å². The minimum atomic E-state index is -1.27. The van der Waals surface area contributed by atoms with Gasteiger partial charge in [0.05, 0.1) is 4.92 Å². The number of nitrogens with zero attached hydrogens (tertiary/aromatic N) is 3. The molecule has 102 valence electrons. The summed E-state index contributed by atoms with van der Waals surface area (Å²) in [6.45, 7) is 0. The molecule has 0 bridgehead atoms. The molecule has 1 heterocycles. The molecule has 0 aliphatic carbocycles. The van der Waals surface area contributed by atoms with Crippen LogP contribution in [0.4, 0.5) is 10.5 Å². The Labute approximate surface area is 111 Å². The molecule has 2 rings (SSSR count). The number of aromatic carboxylic acids is 1. The fourth-order valence-electron chi connectivity index (χ4n) is 1.32. The van der Waals surface area contributed by atoms with Gasteiger partial charge >= 0.3 is 12.1 Å². The number of nitro groups is 1. The van der Waals surface area contributed by atoms with Gasteiger partial charge in [-0.05, 0) is 18.2 Å². The van der Waals surface area contributed by atoms with Crippen molar-refractivity contribution in [1.29, 1.82) is 0 Å². The summed E-state index contributed by atoms with van der Waals surface area (Å²) in [6, 6.07) is 5.98. The van der Waals surface area contributed by atoms with Crippen molar-refractivity contribution in [3.8, 4) is 5.75 Å². The molecule has 0 radical (unpaired) electrons. The van der Waals surface area contributed by atoms with Gasteiger partial charge in [-0.2, -0.15) is 9.78 Å². The minimum absolute atomic E-state index is 0.0768. The van der Waals surface area contributed by atoms with E-state index >= 15 is 0 Å². The summed E-state index contributed by atoms with van der Waals surface area (Å²) in [7, 11) is 0. The Morgan fingerprint density at radius 3 is 2.40 bits per heavy atom. The van der Waals surface area contributed by atoms with E-state index in [1.54, 1.807) is 0 Å². The van der Waals surface area contributed by atoms with E-state index in [9.17, 15) is 19.7 Å². The predicted octanol–water partition coefficient (Wildman–Crippen LogP) is 1.54. The number of carboxylic acid groups (broad SMARTS) is 1. The van der Waals surface area contributed by atoms with Gasteiger partial charge in [-0.1, -0.05) is 0 Å². The van der Waals surface area contributed by atoms with Crippen LogP contribution in [0.15, 0.2) is 36.5 Å². The molecule has 0 spiro atoms. The number of carboxylic acids is 1. The maximum absolute atomic E-state index is 11.6. The molecular formula is C11H7N3O6. The Bertz CT molecular complexity index is 676. The lowest BCUT2D eigenvalue weighted by atomic mass is 10.3. The molecule has 0 unspecified atom stereocenters. The third-order valence-electron chi connectivity index (χ3n) is 2.25. The van der Waals surface area contributed by atoms with Gasteiger partial charge in [0.1, 0.15) is 5.75 Å². The van der Waals surface area contributed by atoms with Gasteiger partial charge in [-0.3, -0.25) is 10.1 Å². The normalized spacial score (nSPS) is 10.0. The molecule has 1 aromatic carbocycles. The van der Waals surface area contributed by atoms with E-state index in [4.69, 9.17) is 9.84 Å². The van der Waals surface area contributed by atoms with Gasteiger partial charge in [-0.25, -0.2) is 9.59 Å². The van der Waals surface area contributed by atoms with E-state index in [1.807, 2.05) is 0 Å². The number of aromatic nitrogens is 2. The molecule has 0 saturated heterocycles. The Morgan fingerprint density at radius 1 is 1.25 bits per heavy atom. The largest absolute Gasteiger partial charge is 0.476 e. The molecule has 0 saturated carbocycles. The molecule has 9 nitrogen and oxygen atoms in total. The lowest BCUT2D eigenvalue weighted by Crippen LogP contribution is -2.18. The zero-order valence-corrected chi connectivity index (χ0v) is 9.79. The maximum Gasteiger partial charge on any atom is 0.440 e. The highest BCUT2D eigenvalue weighted by Crippen LogP contribution is 2.17. The van der Waals surface area contributed by atoms with Crippen molar-refractivity contribution in [3.05, 3.63) is 52.3 Å². The molecule has 2 aromatic rings. The van der Waals surface area contributed by atoms with Crippen molar-refractivity contribution >= 4 is 17.7 Å². The minimum Gasteiger partial charge on any atom is -0.476 e. The number of ether oxygens (including phenoxy) is 1. The van der Waals surface area contributed by atoms with Crippen LogP contribution in [-0.4, -0.2) is 31.9 Å². The molecule has 0 aliphatic heterocycles. The molecule has 20 heavy (non-hydrogen) atoms. The summed E-state index contributed by atoms with van der Waals surface area (Å²) < 4.78 is 5.59. The first-order chi connectivity index (χ1) is 9.47. The van der Waals surface area contributed by atoms with Crippen LogP contribution in [-0.2, 0) is 0 Å². The molecule has 1 aromatic heterocycles. The number of hydrogen-bond donors (Lipinski definition) is 1. The van der Waals surface area contributed by atoms with E-state index in [2.05, 4.69) is 5.10 Å². The van der Waals surface area contributed by atoms with Crippen molar-refractivity contribution in [1.82, 2.24) is 9.78 Å². The van der Waals surface area contributed by atoms with Crippen molar-refractivity contribution in [2.75, 3.05) is 0 Å². The van der Waals surface area contributed by atoms with E-state index in [-0.39, 0.29) is 17.1 Å². The van der Waals surface area contributed by atoms with Gasteiger partial charge < -0.3 is 9.84 Å². The number of rotatable bonds is 3. The van der Waals surface area contributed by atoms with Crippen LogP contribution in [0.2, 0.25) is 0 Å². The number of hydrogen-bond acceptors (Lipinski definition) is 6. The average Bonchev–Trinajstić information content (AvgIpc) is 2.89. The zero-order valence-electron chi connectivity index (χ0n) is 9.79. The second-order valence-corrected chi connectivity index (χ2v) is 3.57.